The summed E-state index contributed by atoms with van der Waals surface area (Å²) in [7, 11) is 0. The van der Waals surface area contributed by atoms with Crippen LogP contribution in [0.1, 0.15) is 22.4 Å². The van der Waals surface area contributed by atoms with Crippen molar-refractivity contribution in [3.8, 4) is 5.75 Å². The first-order chi connectivity index (χ1) is 18.0. The third kappa shape index (κ3) is 8.35. The van der Waals surface area contributed by atoms with Crippen LogP contribution < -0.4 is 20.7 Å². The smallest absolute Gasteiger partial charge is 0.243 e. The Morgan fingerprint density at radius 2 is 1.59 bits per heavy atom. The molecule has 3 aromatic carbocycles. The monoisotopic (exact) mass is 495 g/mol. The van der Waals surface area contributed by atoms with Crippen LogP contribution in [0, 0.1) is 13.8 Å². The molecule has 0 saturated heterocycles. The van der Waals surface area contributed by atoms with Gasteiger partial charge < -0.3 is 20.7 Å². The lowest BCUT2D eigenvalue weighted by Crippen LogP contribution is -2.42. The number of aromatic nitrogens is 2. The lowest BCUT2D eigenvalue weighted by Gasteiger charge is -2.20. The van der Waals surface area contributed by atoms with E-state index in [9.17, 15) is 4.79 Å². The number of hydrogen-bond donors (Lipinski definition) is 3. The quantitative estimate of drug-likeness (QED) is 0.242. The Bertz CT molecular complexity index is 1280. The molecular formula is C30H33N5O2. The van der Waals surface area contributed by atoms with Gasteiger partial charge in [0.1, 0.15) is 24.2 Å². The summed E-state index contributed by atoms with van der Waals surface area (Å²) in [6.07, 6.45) is 0.515. The van der Waals surface area contributed by atoms with Gasteiger partial charge in [-0.25, -0.2) is 4.98 Å². The first kappa shape index (κ1) is 25.7. The molecule has 1 amide bonds. The summed E-state index contributed by atoms with van der Waals surface area (Å²) in [6, 6.07) is 29.1. The zero-order chi connectivity index (χ0) is 25.9. The molecule has 1 heterocycles. The van der Waals surface area contributed by atoms with Crippen LogP contribution >= 0.6 is 0 Å². The Morgan fingerprint density at radius 1 is 0.865 bits per heavy atom. The predicted octanol–water partition coefficient (Wildman–Crippen LogP) is 4.92. The van der Waals surface area contributed by atoms with Gasteiger partial charge in [-0.05, 0) is 37.1 Å². The summed E-state index contributed by atoms with van der Waals surface area (Å²) in [5.74, 6) is 1.76. The van der Waals surface area contributed by atoms with Gasteiger partial charge in [-0.15, -0.1) is 0 Å². The molecule has 1 aromatic heterocycles. The number of anilines is 2. The molecule has 0 aliphatic heterocycles. The van der Waals surface area contributed by atoms with E-state index in [-0.39, 0.29) is 5.91 Å². The largest absolute Gasteiger partial charge is 0.492 e. The number of nitrogens with one attached hydrogen (secondary N) is 3. The Kier molecular flexibility index (Phi) is 9.07. The molecule has 3 N–H and O–H groups in total. The molecule has 0 bridgehead atoms. The summed E-state index contributed by atoms with van der Waals surface area (Å²) in [6.45, 7) is 5.37. The fourth-order valence-corrected chi connectivity index (χ4v) is 3.95. The van der Waals surface area contributed by atoms with Gasteiger partial charge in [0.2, 0.25) is 11.9 Å². The summed E-state index contributed by atoms with van der Waals surface area (Å²) in [4.78, 5) is 22.3. The molecule has 0 unspecified atom stereocenters. The van der Waals surface area contributed by atoms with E-state index in [1.807, 2.05) is 79.7 Å². The highest BCUT2D eigenvalue weighted by Gasteiger charge is 2.20. The Balaban J connectivity index is 1.41. The molecular weight excluding hydrogens is 462 g/mol. The molecule has 0 saturated carbocycles. The van der Waals surface area contributed by atoms with Crippen molar-refractivity contribution in [2.45, 2.75) is 32.9 Å². The van der Waals surface area contributed by atoms with Crippen molar-refractivity contribution in [3.63, 3.8) is 0 Å². The number of carbonyl (C=O) groups excluding carboxylic acids is 1. The third-order valence-corrected chi connectivity index (χ3v) is 5.72. The van der Waals surface area contributed by atoms with Gasteiger partial charge in [0.05, 0.1) is 6.54 Å². The summed E-state index contributed by atoms with van der Waals surface area (Å²) in [5, 5.41) is 9.62. The second-order valence-electron chi connectivity index (χ2n) is 8.90. The number of nitrogens with zero attached hydrogens (tertiary/aromatic N) is 2. The normalized spacial score (nSPS) is 11.4. The molecule has 0 fully saturated rings. The maximum absolute atomic E-state index is 13.2. The minimum Gasteiger partial charge on any atom is -0.492 e. The highest BCUT2D eigenvalue weighted by Crippen LogP contribution is 2.15. The second kappa shape index (κ2) is 13.1. The second-order valence-corrected chi connectivity index (χ2v) is 8.90. The average molecular weight is 496 g/mol. The van der Waals surface area contributed by atoms with Crippen LogP contribution in [-0.4, -0.2) is 35.1 Å². The maximum atomic E-state index is 13.2. The minimum absolute atomic E-state index is 0.119. The van der Waals surface area contributed by atoms with E-state index in [0.29, 0.717) is 37.9 Å². The van der Waals surface area contributed by atoms with Crippen LogP contribution in [0.3, 0.4) is 0 Å². The standard InChI is InChI=1S/C30H33N5O2/c1-22-10-9-13-25(18-22)21-32-30-33-23(2)19-28(35-30)34-27(20-24-11-5-3-6-12-24)29(36)31-16-17-37-26-14-7-4-8-15-26/h3-15,18-19,27H,16-17,20-21H2,1-2H3,(H,31,36)(H2,32,33,34,35)/t27-/m0/s1. The van der Waals surface area contributed by atoms with E-state index < -0.39 is 6.04 Å². The molecule has 37 heavy (non-hydrogen) atoms. The van der Waals surface area contributed by atoms with E-state index in [0.717, 1.165) is 22.6 Å². The number of carbonyl (C=O) groups is 1. The number of ether oxygens (including phenoxy) is 1. The lowest BCUT2D eigenvalue weighted by atomic mass is 10.1. The van der Waals surface area contributed by atoms with Gasteiger partial charge in [-0.1, -0.05) is 78.4 Å². The molecule has 1 atom stereocenters. The van der Waals surface area contributed by atoms with E-state index in [1.54, 1.807) is 0 Å². The molecule has 7 nitrogen and oxygen atoms in total. The van der Waals surface area contributed by atoms with Crippen molar-refractivity contribution < 1.29 is 9.53 Å². The average Bonchev–Trinajstić information content (AvgIpc) is 2.90. The number of para-hydroxylation sites is 1. The Morgan fingerprint density at radius 3 is 2.35 bits per heavy atom. The van der Waals surface area contributed by atoms with E-state index >= 15 is 0 Å². The fraction of sp³-hybridized carbons (Fsp3) is 0.233. The summed E-state index contributed by atoms with van der Waals surface area (Å²) >= 11 is 0. The lowest BCUT2D eigenvalue weighted by molar-refractivity contribution is -0.121. The summed E-state index contributed by atoms with van der Waals surface area (Å²) < 4.78 is 5.71. The topological polar surface area (TPSA) is 88.2 Å². The highest BCUT2D eigenvalue weighted by molar-refractivity contribution is 5.84. The van der Waals surface area contributed by atoms with Crippen LogP contribution in [0.5, 0.6) is 5.75 Å². The van der Waals surface area contributed by atoms with Crippen LogP contribution in [0.4, 0.5) is 11.8 Å². The van der Waals surface area contributed by atoms with E-state index in [4.69, 9.17) is 4.74 Å². The van der Waals surface area contributed by atoms with E-state index in [2.05, 4.69) is 51.0 Å². The van der Waals surface area contributed by atoms with Gasteiger partial charge >= 0.3 is 0 Å². The highest BCUT2D eigenvalue weighted by atomic mass is 16.5. The van der Waals surface area contributed by atoms with Crippen molar-refractivity contribution >= 4 is 17.7 Å². The number of aryl methyl sites for hydroxylation is 2. The molecule has 0 aliphatic carbocycles. The zero-order valence-corrected chi connectivity index (χ0v) is 21.3. The SMILES string of the molecule is Cc1cccc(CNc2nc(C)cc(N[C@@H](Cc3ccccc3)C(=O)NCCOc3ccccc3)n2)c1. The Labute approximate surface area is 218 Å². The number of amides is 1. The molecule has 4 aromatic rings. The van der Waals surface area contributed by atoms with Gasteiger partial charge in [0.15, 0.2) is 0 Å². The molecule has 190 valence electrons. The van der Waals surface area contributed by atoms with Crippen LogP contribution in [0.2, 0.25) is 0 Å². The van der Waals surface area contributed by atoms with Crippen LogP contribution in [-0.2, 0) is 17.8 Å². The van der Waals surface area contributed by atoms with Gasteiger partial charge in [0.25, 0.3) is 0 Å². The molecule has 0 aliphatic rings. The summed E-state index contributed by atoms with van der Waals surface area (Å²) in [5.41, 5.74) is 4.22. The van der Waals surface area contributed by atoms with Crippen LogP contribution in [0.25, 0.3) is 0 Å². The van der Waals surface area contributed by atoms with Gasteiger partial charge in [-0.3, -0.25) is 4.79 Å². The van der Waals surface area contributed by atoms with E-state index in [1.165, 1.54) is 5.56 Å². The number of rotatable bonds is 12. The van der Waals surface area contributed by atoms with Crippen molar-refractivity contribution in [3.05, 3.63) is 113 Å². The minimum atomic E-state index is -0.516. The predicted molar refractivity (Wildman–Crippen MR) is 148 cm³/mol. The Hall–Kier alpha value is -4.39. The zero-order valence-electron chi connectivity index (χ0n) is 21.3. The number of hydrogen-bond acceptors (Lipinski definition) is 6. The van der Waals surface area contributed by atoms with Crippen LogP contribution in [0.15, 0.2) is 91.0 Å². The maximum Gasteiger partial charge on any atom is 0.243 e. The van der Waals surface area contributed by atoms with Crippen molar-refractivity contribution in [2.75, 3.05) is 23.8 Å². The third-order valence-electron chi connectivity index (χ3n) is 5.72. The first-order valence-corrected chi connectivity index (χ1v) is 12.5. The van der Waals surface area contributed by atoms with Crippen molar-refractivity contribution in [1.82, 2.24) is 15.3 Å². The molecule has 0 radical (unpaired) electrons. The number of benzene rings is 3. The fourth-order valence-electron chi connectivity index (χ4n) is 3.95. The van der Waals surface area contributed by atoms with Crippen molar-refractivity contribution in [1.29, 1.82) is 0 Å². The first-order valence-electron chi connectivity index (χ1n) is 12.5. The molecule has 4 rings (SSSR count). The molecule has 7 heteroatoms. The molecule has 0 spiro atoms. The van der Waals surface area contributed by atoms with Gasteiger partial charge in [0, 0.05) is 24.7 Å². The van der Waals surface area contributed by atoms with Gasteiger partial charge in [-0.2, -0.15) is 4.98 Å². The van der Waals surface area contributed by atoms with Crippen molar-refractivity contribution in [2.24, 2.45) is 0 Å².